The summed E-state index contributed by atoms with van der Waals surface area (Å²) in [6.45, 7) is 12.1. The van der Waals surface area contributed by atoms with Crippen LogP contribution in [0.1, 0.15) is 71.0 Å². The van der Waals surface area contributed by atoms with Gasteiger partial charge in [0.25, 0.3) is 5.79 Å². The summed E-state index contributed by atoms with van der Waals surface area (Å²) in [6, 6.07) is 9.87. The molecule has 0 radical (unpaired) electrons. The number of esters is 1. The molecule has 4 atom stereocenters. The van der Waals surface area contributed by atoms with Crippen molar-refractivity contribution >= 4 is 14.3 Å². The van der Waals surface area contributed by atoms with Crippen molar-refractivity contribution < 1.29 is 28.2 Å². The lowest BCUT2D eigenvalue weighted by atomic mass is 9.88. The molecule has 0 N–H and O–H groups in total. The van der Waals surface area contributed by atoms with E-state index in [4.69, 9.17) is 23.4 Å². The lowest BCUT2D eigenvalue weighted by Crippen LogP contribution is -2.70. The predicted octanol–water partition coefficient (Wildman–Crippen LogP) is 5.49. The fraction of sp³-hybridized carbons (Fsp3) is 0.720. The van der Waals surface area contributed by atoms with Crippen molar-refractivity contribution in [1.29, 1.82) is 0 Å². The van der Waals surface area contributed by atoms with Crippen LogP contribution in [-0.2, 0) is 28.2 Å². The van der Waals surface area contributed by atoms with Gasteiger partial charge in [-0.15, -0.1) is 0 Å². The number of carbonyl (C=O) groups excluding carboxylic acids is 1. The van der Waals surface area contributed by atoms with E-state index in [9.17, 15) is 4.79 Å². The van der Waals surface area contributed by atoms with E-state index in [1.54, 1.807) is 0 Å². The van der Waals surface area contributed by atoms with Gasteiger partial charge in [0.2, 0.25) is 5.79 Å². The minimum atomic E-state index is -2.23. The monoisotopic (exact) mass is 462 g/mol. The summed E-state index contributed by atoms with van der Waals surface area (Å²) in [7, 11) is -2.23. The Morgan fingerprint density at radius 3 is 2.09 bits per heavy atom. The molecular weight excluding hydrogens is 424 g/mol. The van der Waals surface area contributed by atoms with Crippen molar-refractivity contribution in [2.75, 3.05) is 13.2 Å². The first-order valence-corrected chi connectivity index (χ1v) is 14.9. The number of fused-ring (bicyclic) bond motifs is 1. The van der Waals surface area contributed by atoms with E-state index in [1.165, 1.54) is 0 Å². The van der Waals surface area contributed by atoms with Crippen LogP contribution in [0.5, 0.6) is 0 Å². The highest BCUT2D eigenvalue weighted by atomic mass is 28.4. The van der Waals surface area contributed by atoms with Gasteiger partial charge in [-0.25, -0.2) is 4.79 Å². The van der Waals surface area contributed by atoms with Crippen molar-refractivity contribution in [1.82, 2.24) is 0 Å². The normalized spacial score (nSPS) is 32.7. The van der Waals surface area contributed by atoms with Crippen LogP contribution in [0, 0.1) is 0 Å². The largest absolute Gasteiger partial charge is 0.425 e. The first-order valence-electron chi connectivity index (χ1n) is 12.0. The summed E-state index contributed by atoms with van der Waals surface area (Å²) in [4.78, 5) is 13.5. The van der Waals surface area contributed by atoms with Gasteiger partial charge in [-0.2, -0.15) is 0 Å². The van der Waals surface area contributed by atoms with E-state index in [0.717, 1.165) is 31.2 Å². The lowest BCUT2D eigenvalue weighted by molar-refractivity contribution is -0.446. The predicted molar refractivity (Wildman–Crippen MR) is 123 cm³/mol. The summed E-state index contributed by atoms with van der Waals surface area (Å²) in [5, 5.41) is -0.0225. The Morgan fingerprint density at radius 1 is 0.969 bits per heavy atom. The molecule has 0 amide bonds. The van der Waals surface area contributed by atoms with Crippen molar-refractivity contribution in [3.8, 4) is 0 Å². The second-order valence-electron chi connectivity index (χ2n) is 10.8. The SMILES string of the molecule is CC(C)(C)[Si](C)(C)O[C@@H](c1ccccc1)[C@@H]1O[C@]2(CCCCO2)[C@@]2(CCCCO2)OC1=O. The number of hydrogen-bond acceptors (Lipinski definition) is 6. The molecular formula is C25H38O6Si. The van der Waals surface area contributed by atoms with Crippen LogP contribution >= 0.6 is 0 Å². The highest BCUT2D eigenvalue weighted by molar-refractivity contribution is 6.74. The maximum absolute atomic E-state index is 13.5. The second-order valence-corrected chi connectivity index (χ2v) is 15.5. The molecule has 0 unspecified atom stereocenters. The molecule has 3 aliphatic heterocycles. The average Bonchev–Trinajstić information content (AvgIpc) is 2.76. The zero-order valence-electron chi connectivity index (χ0n) is 20.1. The fourth-order valence-electron chi connectivity index (χ4n) is 4.58. The van der Waals surface area contributed by atoms with Crippen LogP contribution in [-0.4, -0.2) is 45.2 Å². The number of ether oxygens (including phenoxy) is 4. The Balaban J connectivity index is 1.72. The van der Waals surface area contributed by atoms with Crippen LogP contribution < -0.4 is 0 Å². The number of carbonyl (C=O) groups is 1. The highest BCUT2D eigenvalue weighted by Crippen LogP contribution is 2.51. The molecule has 2 spiro atoms. The summed E-state index contributed by atoms with van der Waals surface area (Å²) >= 11 is 0. The van der Waals surface area contributed by atoms with Crippen molar-refractivity contribution in [2.45, 2.75) is 101 Å². The number of rotatable bonds is 4. The van der Waals surface area contributed by atoms with Crippen LogP contribution in [0.25, 0.3) is 0 Å². The van der Waals surface area contributed by atoms with E-state index in [0.29, 0.717) is 26.1 Å². The Bertz CT molecular complexity index is 790. The average molecular weight is 463 g/mol. The van der Waals surface area contributed by atoms with Gasteiger partial charge in [-0.3, -0.25) is 0 Å². The summed E-state index contributed by atoms with van der Waals surface area (Å²) in [5.41, 5.74) is 0.908. The minimum Gasteiger partial charge on any atom is -0.425 e. The van der Waals surface area contributed by atoms with E-state index in [-0.39, 0.29) is 5.04 Å². The zero-order chi connectivity index (χ0) is 23.0. The molecule has 1 aromatic rings. The molecule has 178 valence electrons. The number of hydrogen-bond donors (Lipinski definition) is 0. The lowest BCUT2D eigenvalue weighted by Gasteiger charge is -2.55. The zero-order valence-corrected chi connectivity index (χ0v) is 21.1. The Morgan fingerprint density at radius 2 is 1.56 bits per heavy atom. The Labute approximate surface area is 193 Å². The first-order chi connectivity index (χ1) is 15.1. The molecule has 3 aliphatic rings. The third-order valence-corrected chi connectivity index (χ3v) is 12.0. The topological polar surface area (TPSA) is 63.2 Å². The van der Waals surface area contributed by atoms with Crippen LogP contribution in [0.15, 0.2) is 30.3 Å². The van der Waals surface area contributed by atoms with Crippen molar-refractivity contribution in [2.24, 2.45) is 0 Å². The molecule has 7 heteroatoms. The van der Waals surface area contributed by atoms with Crippen molar-refractivity contribution in [3.63, 3.8) is 0 Å². The van der Waals surface area contributed by atoms with Gasteiger partial charge in [-0.1, -0.05) is 51.1 Å². The molecule has 4 rings (SSSR count). The van der Waals surface area contributed by atoms with Crippen LogP contribution in [0.4, 0.5) is 0 Å². The summed E-state index contributed by atoms with van der Waals surface area (Å²) in [5.74, 6) is -2.69. The van der Waals surface area contributed by atoms with Gasteiger partial charge in [0.05, 0.1) is 13.2 Å². The third-order valence-electron chi connectivity index (χ3n) is 7.50. The van der Waals surface area contributed by atoms with Crippen LogP contribution in [0.2, 0.25) is 18.1 Å². The molecule has 0 bridgehead atoms. The fourth-order valence-corrected chi connectivity index (χ4v) is 5.83. The maximum Gasteiger partial charge on any atom is 0.341 e. The quantitative estimate of drug-likeness (QED) is 0.436. The maximum atomic E-state index is 13.5. The Hall–Kier alpha value is -1.25. The number of benzene rings is 1. The molecule has 3 fully saturated rings. The van der Waals surface area contributed by atoms with Gasteiger partial charge in [-0.05, 0) is 49.4 Å². The standard InChI is InChI=1S/C25H38O6Si/c1-23(2,3)32(4,5)31-20(19-13-7-6-8-14-19)21-22(26)30-25(16-10-12-18-28-25)24(29-21)15-9-11-17-27-24/h6-8,13-14,20-21H,9-12,15-18H2,1-5H3/t20-,21-,24+,25+/m0/s1. The molecule has 6 nitrogen and oxygen atoms in total. The second kappa shape index (κ2) is 8.84. The van der Waals surface area contributed by atoms with Gasteiger partial charge >= 0.3 is 5.97 Å². The van der Waals surface area contributed by atoms with E-state index < -0.39 is 38.1 Å². The summed E-state index contributed by atoms with van der Waals surface area (Å²) < 4.78 is 32.1. The molecule has 3 heterocycles. The van der Waals surface area contributed by atoms with E-state index in [2.05, 4.69) is 33.9 Å². The minimum absolute atomic E-state index is 0.0225. The van der Waals surface area contributed by atoms with Gasteiger partial charge in [0.15, 0.2) is 14.4 Å². The van der Waals surface area contributed by atoms with Crippen molar-refractivity contribution in [3.05, 3.63) is 35.9 Å². The van der Waals surface area contributed by atoms with Gasteiger partial charge in [0.1, 0.15) is 6.10 Å². The van der Waals surface area contributed by atoms with Gasteiger partial charge in [0, 0.05) is 12.8 Å². The molecule has 1 aromatic carbocycles. The summed E-state index contributed by atoms with van der Waals surface area (Å²) in [6.07, 6.45) is 3.49. The molecule has 0 aromatic heterocycles. The third kappa shape index (κ3) is 4.30. The first kappa shape index (κ1) is 23.9. The molecule has 0 aliphatic carbocycles. The van der Waals surface area contributed by atoms with Crippen LogP contribution in [0.3, 0.4) is 0 Å². The molecule has 0 saturated carbocycles. The highest BCUT2D eigenvalue weighted by Gasteiger charge is 2.65. The Kier molecular flexibility index (Phi) is 6.60. The molecule has 32 heavy (non-hydrogen) atoms. The smallest absolute Gasteiger partial charge is 0.341 e. The van der Waals surface area contributed by atoms with E-state index >= 15 is 0 Å². The van der Waals surface area contributed by atoms with E-state index in [1.807, 2.05) is 30.3 Å². The van der Waals surface area contributed by atoms with Gasteiger partial charge < -0.3 is 23.4 Å². The molecule has 3 saturated heterocycles.